The fourth-order valence-corrected chi connectivity index (χ4v) is 5.59. The van der Waals surface area contributed by atoms with E-state index < -0.39 is 29.2 Å². The Balaban J connectivity index is 1.57. The molecule has 42 heavy (non-hydrogen) atoms. The van der Waals surface area contributed by atoms with Crippen molar-refractivity contribution in [1.82, 2.24) is 9.55 Å². The number of nitrogens with zero attached hydrogens (tertiary/aromatic N) is 1. The zero-order valence-corrected chi connectivity index (χ0v) is 23.8. The first-order valence-corrected chi connectivity index (χ1v) is 13.8. The molecule has 0 bridgehead atoms. The molecule has 0 amide bonds. The second kappa shape index (κ2) is 12.6. The van der Waals surface area contributed by atoms with Crippen molar-refractivity contribution >= 4 is 6.29 Å². The molecule has 1 saturated heterocycles. The number of aromatic nitrogens is 2. The van der Waals surface area contributed by atoms with Gasteiger partial charge in [-0.3, -0.25) is 14.3 Å². The highest BCUT2D eigenvalue weighted by molar-refractivity contribution is 5.51. The first kappa shape index (κ1) is 29.0. The smallest absolute Gasteiger partial charge is 0.330 e. The Labute approximate surface area is 243 Å². The number of carbonyl (C=O) groups is 1. The lowest BCUT2D eigenvalue weighted by Gasteiger charge is -2.37. The van der Waals surface area contributed by atoms with Crippen LogP contribution in [0.3, 0.4) is 0 Å². The average molecular weight is 571 g/mol. The molecule has 1 aromatic heterocycles. The normalized spacial score (nSPS) is 18.5. The predicted molar refractivity (Wildman–Crippen MR) is 157 cm³/mol. The van der Waals surface area contributed by atoms with E-state index in [1.807, 2.05) is 78.9 Å². The molecule has 3 atom stereocenters. The van der Waals surface area contributed by atoms with Gasteiger partial charge in [0.15, 0.2) is 0 Å². The highest BCUT2D eigenvalue weighted by Gasteiger charge is 2.42. The van der Waals surface area contributed by atoms with Crippen LogP contribution in [0.1, 0.15) is 41.3 Å². The molecule has 218 valence electrons. The molecular weight excluding hydrogens is 536 g/mol. The van der Waals surface area contributed by atoms with Gasteiger partial charge in [-0.05, 0) is 60.2 Å². The summed E-state index contributed by atoms with van der Waals surface area (Å²) in [6, 6.07) is 25.3. The second-order valence-electron chi connectivity index (χ2n) is 10.3. The lowest BCUT2D eigenvalue weighted by Crippen LogP contribution is -2.37. The van der Waals surface area contributed by atoms with E-state index in [-0.39, 0.29) is 18.9 Å². The van der Waals surface area contributed by atoms with Gasteiger partial charge in [0.2, 0.25) is 0 Å². The molecule has 0 saturated carbocycles. The van der Waals surface area contributed by atoms with Crippen LogP contribution < -0.4 is 20.7 Å². The van der Waals surface area contributed by atoms with Gasteiger partial charge < -0.3 is 23.7 Å². The molecule has 0 radical (unpaired) electrons. The van der Waals surface area contributed by atoms with Gasteiger partial charge in [0.1, 0.15) is 29.6 Å². The quantitative estimate of drug-likeness (QED) is 0.211. The summed E-state index contributed by atoms with van der Waals surface area (Å²) in [6.45, 7) is 1.75. The maximum atomic E-state index is 12.6. The van der Waals surface area contributed by atoms with Crippen molar-refractivity contribution in [2.24, 2.45) is 5.92 Å². The van der Waals surface area contributed by atoms with Gasteiger partial charge in [-0.25, -0.2) is 4.79 Å². The third-order valence-electron chi connectivity index (χ3n) is 7.85. The fraction of sp³-hybridized carbons (Fsp3) is 0.303. The van der Waals surface area contributed by atoms with Gasteiger partial charge in [-0.1, -0.05) is 54.6 Å². The number of ether oxygens (including phenoxy) is 4. The first-order chi connectivity index (χ1) is 20.4. The predicted octanol–water partition coefficient (Wildman–Crippen LogP) is 4.36. The van der Waals surface area contributed by atoms with Crippen LogP contribution in [0.2, 0.25) is 0 Å². The maximum Gasteiger partial charge on any atom is 0.330 e. The molecule has 1 aliphatic heterocycles. The number of aldehydes is 1. The zero-order chi connectivity index (χ0) is 29.7. The molecule has 0 spiro atoms. The topological polar surface area (TPSA) is 109 Å². The summed E-state index contributed by atoms with van der Waals surface area (Å²) in [7, 11) is 3.24. The van der Waals surface area contributed by atoms with Crippen LogP contribution >= 0.6 is 0 Å². The van der Waals surface area contributed by atoms with Crippen molar-refractivity contribution in [3.8, 4) is 11.5 Å². The van der Waals surface area contributed by atoms with Gasteiger partial charge in [-0.2, -0.15) is 0 Å². The first-order valence-electron chi connectivity index (χ1n) is 13.8. The van der Waals surface area contributed by atoms with Crippen LogP contribution in [0.25, 0.3) is 0 Å². The van der Waals surface area contributed by atoms with E-state index in [1.54, 1.807) is 21.1 Å². The van der Waals surface area contributed by atoms with Crippen molar-refractivity contribution in [1.29, 1.82) is 0 Å². The minimum atomic E-state index is -1.06. The molecule has 0 unspecified atom stereocenters. The molecule has 1 fully saturated rings. The molecule has 3 aromatic carbocycles. The lowest BCUT2D eigenvalue weighted by molar-refractivity contribution is -0.110. The van der Waals surface area contributed by atoms with Crippen LogP contribution in [-0.4, -0.2) is 42.8 Å². The molecule has 2 heterocycles. The van der Waals surface area contributed by atoms with Crippen molar-refractivity contribution < 1.29 is 23.7 Å². The summed E-state index contributed by atoms with van der Waals surface area (Å²) in [6.07, 6.45) is 1.86. The molecular formula is C33H34N2O7. The molecule has 9 heteroatoms. The Hall–Kier alpha value is -4.47. The number of aromatic amines is 1. The third kappa shape index (κ3) is 5.66. The molecule has 5 rings (SSSR count). The Morgan fingerprint density at radius 2 is 1.48 bits per heavy atom. The number of nitrogens with one attached hydrogen (secondary N) is 1. The van der Waals surface area contributed by atoms with Crippen LogP contribution in [0.5, 0.6) is 11.5 Å². The summed E-state index contributed by atoms with van der Waals surface area (Å²) in [5.74, 6) is 1.22. The number of carbonyl (C=O) groups excluding carboxylic acids is 1. The molecule has 0 aliphatic carbocycles. The van der Waals surface area contributed by atoms with Crippen molar-refractivity contribution in [3.05, 3.63) is 128 Å². The Morgan fingerprint density at radius 3 is 2.02 bits per heavy atom. The third-order valence-corrected chi connectivity index (χ3v) is 7.85. The summed E-state index contributed by atoms with van der Waals surface area (Å²) in [5.41, 5.74) is 0.976. The molecule has 1 aliphatic rings. The molecule has 9 nitrogen and oxygen atoms in total. The second-order valence-corrected chi connectivity index (χ2v) is 10.3. The van der Waals surface area contributed by atoms with E-state index >= 15 is 0 Å². The number of H-pyrrole nitrogens is 1. The van der Waals surface area contributed by atoms with E-state index in [1.165, 1.54) is 10.8 Å². The standard InChI is InChI=1S/C33H34N2O7/c1-22-20-35(32(38)34-31(22)37)30-19-23(17-18-36)29(42-30)21-41-33(24-7-5-4-6-8-24,25-9-13-27(39-2)14-10-25)26-11-15-28(40-3)16-12-26/h4-16,18,20,23,29-30H,17,19,21H2,1-3H3,(H,34,37,38)/t23-,29+,30+/m0/s1. The van der Waals surface area contributed by atoms with Gasteiger partial charge in [0, 0.05) is 18.2 Å². The number of aryl methyl sites for hydroxylation is 1. The zero-order valence-electron chi connectivity index (χ0n) is 23.8. The van der Waals surface area contributed by atoms with Crippen LogP contribution in [0.4, 0.5) is 0 Å². The highest BCUT2D eigenvalue weighted by Crippen LogP contribution is 2.43. The van der Waals surface area contributed by atoms with Crippen molar-refractivity contribution in [2.45, 2.75) is 37.7 Å². The Kier molecular flexibility index (Phi) is 8.70. The number of rotatable bonds is 11. The van der Waals surface area contributed by atoms with E-state index in [4.69, 9.17) is 18.9 Å². The van der Waals surface area contributed by atoms with Gasteiger partial charge in [0.25, 0.3) is 5.56 Å². The summed E-state index contributed by atoms with van der Waals surface area (Å²) in [4.78, 5) is 38.6. The van der Waals surface area contributed by atoms with Gasteiger partial charge in [-0.15, -0.1) is 0 Å². The van der Waals surface area contributed by atoms with E-state index in [0.717, 1.165) is 23.0 Å². The maximum absolute atomic E-state index is 12.6. The number of methoxy groups -OCH3 is 2. The number of hydrogen-bond acceptors (Lipinski definition) is 7. The van der Waals surface area contributed by atoms with Crippen LogP contribution in [0.15, 0.2) is 94.6 Å². The lowest BCUT2D eigenvalue weighted by atomic mass is 9.80. The monoisotopic (exact) mass is 570 g/mol. The largest absolute Gasteiger partial charge is 0.497 e. The fourth-order valence-electron chi connectivity index (χ4n) is 5.59. The Bertz CT molecular complexity index is 1560. The van der Waals surface area contributed by atoms with Gasteiger partial charge >= 0.3 is 5.69 Å². The van der Waals surface area contributed by atoms with E-state index in [0.29, 0.717) is 23.5 Å². The van der Waals surface area contributed by atoms with Crippen molar-refractivity contribution in [2.75, 3.05) is 20.8 Å². The van der Waals surface area contributed by atoms with E-state index in [9.17, 15) is 14.4 Å². The highest BCUT2D eigenvalue weighted by atomic mass is 16.6. The SMILES string of the molecule is COc1ccc(C(OC[C@H]2O[C@@H](n3cc(C)c(=O)[nH]c3=O)C[C@@H]2CC=O)(c2ccccc2)c2ccc(OC)cc2)cc1. The molecule has 1 N–H and O–H groups in total. The Morgan fingerprint density at radius 1 is 0.905 bits per heavy atom. The van der Waals surface area contributed by atoms with Crippen LogP contribution in [-0.2, 0) is 19.9 Å². The summed E-state index contributed by atoms with van der Waals surface area (Å²) in [5, 5.41) is 0. The van der Waals surface area contributed by atoms with E-state index in [2.05, 4.69) is 4.98 Å². The average Bonchev–Trinajstić information content (AvgIpc) is 3.42. The van der Waals surface area contributed by atoms with Gasteiger partial charge in [0.05, 0.1) is 26.9 Å². The number of hydrogen-bond donors (Lipinski definition) is 1. The summed E-state index contributed by atoms with van der Waals surface area (Å²) < 4.78 is 25.6. The minimum Gasteiger partial charge on any atom is -0.497 e. The number of benzene rings is 3. The van der Waals surface area contributed by atoms with Crippen LogP contribution in [0, 0.1) is 12.8 Å². The molecule has 4 aromatic rings. The van der Waals surface area contributed by atoms with Crippen molar-refractivity contribution in [3.63, 3.8) is 0 Å². The minimum absolute atomic E-state index is 0.124. The summed E-state index contributed by atoms with van der Waals surface area (Å²) >= 11 is 0.